The van der Waals surface area contributed by atoms with E-state index in [1.807, 2.05) is 48.7 Å². The van der Waals surface area contributed by atoms with Gasteiger partial charge in [-0.25, -0.2) is 0 Å². The molecule has 0 aliphatic heterocycles. The Labute approximate surface area is 108 Å². The van der Waals surface area contributed by atoms with Crippen LogP contribution in [0.4, 0.5) is 0 Å². The number of methoxy groups -OCH3 is 1. The SMILES string of the molecule is COc1ccc(C=N[C@@H](C)c2ccccc2)cc1. The fourth-order valence-corrected chi connectivity index (χ4v) is 1.71. The second kappa shape index (κ2) is 6.01. The van der Waals surface area contributed by atoms with Gasteiger partial charge in [0.1, 0.15) is 5.75 Å². The highest BCUT2D eigenvalue weighted by atomic mass is 16.5. The number of benzene rings is 2. The molecule has 0 fully saturated rings. The van der Waals surface area contributed by atoms with Crippen molar-refractivity contribution in [2.75, 3.05) is 7.11 Å². The number of ether oxygens (including phenoxy) is 1. The zero-order valence-electron chi connectivity index (χ0n) is 10.7. The average molecular weight is 239 g/mol. The lowest BCUT2D eigenvalue weighted by Crippen LogP contribution is -1.91. The molecule has 2 heteroatoms. The van der Waals surface area contributed by atoms with Crippen molar-refractivity contribution in [2.24, 2.45) is 4.99 Å². The third kappa shape index (κ3) is 3.20. The number of aliphatic imine (C=N–C) groups is 1. The first-order valence-electron chi connectivity index (χ1n) is 6.02. The van der Waals surface area contributed by atoms with E-state index in [0.29, 0.717) is 0 Å². The first-order valence-corrected chi connectivity index (χ1v) is 6.02. The van der Waals surface area contributed by atoms with Crippen LogP contribution >= 0.6 is 0 Å². The van der Waals surface area contributed by atoms with E-state index in [-0.39, 0.29) is 6.04 Å². The maximum atomic E-state index is 5.12. The minimum atomic E-state index is 0.174. The minimum absolute atomic E-state index is 0.174. The van der Waals surface area contributed by atoms with Crippen LogP contribution in [0.3, 0.4) is 0 Å². The molecule has 0 aromatic heterocycles. The molecule has 0 saturated heterocycles. The van der Waals surface area contributed by atoms with Crippen LogP contribution in [0.2, 0.25) is 0 Å². The highest BCUT2D eigenvalue weighted by Gasteiger charge is 2.00. The van der Waals surface area contributed by atoms with Gasteiger partial charge in [0.15, 0.2) is 0 Å². The third-order valence-corrected chi connectivity index (χ3v) is 2.84. The van der Waals surface area contributed by atoms with Crippen LogP contribution < -0.4 is 4.74 Å². The smallest absolute Gasteiger partial charge is 0.118 e. The third-order valence-electron chi connectivity index (χ3n) is 2.84. The Kier molecular flexibility index (Phi) is 4.13. The van der Waals surface area contributed by atoms with E-state index in [9.17, 15) is 0 Å². The van der Waals surface area contributed by atoms with Crippen molar-refractivity contribution >= 4 is 6.21 Å². The molecule has 2 aromatic rings. The van der Waals surface area contributed by atoms with Crippen molar-refractivity contribution in [2.45, 2.75) is 13.0 Å². The summed E-state index contributed by atoms with van der Waals surface area (Å²) in [6.45, 7) is 2.09. The molecule has 0 unspecified atom stereocenters. The van der Waals surface area contributed by atoms with Crippen LogP contribution in [0.25, 0.3) is 0 Å². The summed E-state index contributed by atoms with van der Waals surface area (Å²) in [6, 6.07) is 18.3. The van der Waals surface area contributed by atoms with E-state index in [2.05, 4.69) is 24.0 Å². The molecule has 0 N–H and O–H groups in total. The number of hydrogen-bond donors (Lipinski definition) is 0. The molecule has 0 aliphatic rings. The molecule has 0 heterocycles. The lowest BCUT2D eigenvalue weighted by atomic mass is 10.1. The molecule has 92 valence electrons. The molecule has 0 aliphatic carbocycles. The Hall–Kier alpha value is -2.09. The van der Waals surface area contributed by atoms with Gasteiger partial charge in [-0.3, -0.25) is 4.99 Å². The van der Waals surface area contributed by atoms with E-state index in [1.165, 1.54) is 5.56 Å². The molecule has 0 amide bonds. The summed E-state index contributed by atoms with van der Waals surface area (Å²) in [6.07, 6.45) is 1.90. The summed E-state index contributed by atoms with van der Waals surface area (Å²) >= 11 is 0. The number of rotatable bonds is 4. The Morgan fingerprint density at radius 2 is 1.67 bits per heavy atom. The summed E-state index contributed by atoms with van der Waals surface area (Å²) < 4.78 is 5.12. The van der Waals surface area contributed by atoms with Gasteiger partial charge in [-0.2, -0.15) is 0 Å². The molecule has 0 radical (unpaired) electrons. The fourth-order valence-electron chi connectivity index (χ4n) is 1.71. The lowest BCUT2D eigenvalue weighted by Gasteiger charge is -2.05. The van der Waals surface area contributed by atoms with E-state index >= 15 is 0 Å². The maximum Gasteiger partial charge on any atom is 0.118 e. The zero-order chi connectivity index (χ0) is 12.8. The molecule has 0 saturated carbocycles. The highest BCUT2D eigenvalue weighted by Crippen LogP contribution is 2.16. The predicted molar refractivity (Wildman–Crippen MR) is 75.4 cm³/mol. The second-order valence-corrected chi connectivity index (χ2v) is 4.14. The van der Waals surface area contributed by atoms with Gasteiger partial charge in [-0.15, -0.1) is 0 Å². The maximum absolute atomic E-state index is 5.12. The molecule has 0 spiro atoms. The van der Waals surface area contributed by atoms with Gasteiger partial charge in [0.05, 0.1) is 13.2 Å². The summed E-state index contributed by atoms with van der Waals surface area (Å²) in [4.78, 5) is 4.55. The van der Waals surface area contributed by atoms with Crippen molar-refractivity contribution in [3.8, 4) is 5.75 Å². The van der Waals surface area contributed by atoms with Gasteiger partial charge in [-0.05, 0) is 42.3 Å². The van der Waals surface area contributed by atoms with E-state index in [1.54, 1.807) is 7.11 Å². The van der Waals surface area contributed by atoms with Crippen molar-refractivity contribution in [1.82, 2.24) is 0 Å². The van der Waals surface area contributed by atoms with Gasteiger partial charge in [0.2, 0.25) is 0 Å². The van der Waals surface area contributed by atoms with Crippen LogP contribution in [0, 0.1) is 0 Å². The van der Waals surface area contributed by atoms with Crippen LogP contribution in [-0.4, -0.2) is 13.3 Å². The molecule has 2 rings (SSSR count). The zero-order valence-corrected chi connectivity index (χ0v) is 10.7. The molecule has 2 nitrogen and oxygen atoms in total. The Morgan fingerprint density at radius 3 is 2.28 bits per heavy atom. The van der Waals surface area contributed by atoms with Crippen molar-refractivity contribution in [3.05, 3.63) is 65.7 Å². The largest absolute Gasteiger partial charge is 0.497 e. The Balaban J connectivity index is 2.06. The molecule has 1 atom stereocenters. The van der Waals surface area contributed by atoms with Crippen molar-refractivity contribution in [3.63, 3.8) is 0 Å². The highest BCUT2D eigenvalue weighted by molar-refractivity contribution is 5.79. The van der Waals surface area contributed by atoms with E-state index in [0.717, 1.165) is 11.3 Å². The fraction of sp³-hybridized carbons (Fsp3) is 0.188. The average Bonchev–Trinajstić information content (AvgIpc) is 2.46. The lowest BCUT2D eigenvalue weighted by molar-refractivity contribution is 0.415. The van der Waals surface area contributed by atoms with Gasteiger partial charge in [0, 0.05) is 6.21 Å². The monoisotopic (exact) mass is 239 g/mol. The molecular formula is C16H17NO. The van der Waals surface area contributed by atoms with Gasteiger partial charge >= 0.3 is 0 Å². The number of hydrogen-bond acceptors (Lipinski definition) is 2. The summed E-state index contributed by atoms with van der Waals surface area (Å²) in [5.41, 5.74) is 2.31. The summed E-state index contributed by atoms with van der Waals surface area (Å²) in [5.74, 6) is 0.864. The van der Waals surface area contributed by atoms with Crippen molar-refractivity contribution in [1.29, 1.82) is 0 Å². The molecule has 18 heavy (non-hydrogen) atoms. The molecule has 0 bridgehead atoms. The van der Waals surface area contributed by atoms with Crippen LogP contribution in [0.15, 0.2) is 59.6 Å². The normalized spacial score (nSPS) is 12.6. The molecule has 2 aromatic carbocycles. The first-order chi connectivity index (χ1) is 8.79. The quantitative estimate of drug-likeness (QED) is 0.742. The van der Waals surface area contributed by atoms with E-state index in [4.69, 9.17) is 4.74 Å². The second-order valence-electron chi connectivity index (χ2n) is 4.14. The van der Waals surface area contributed by atoms with Gasteiger partial charge in [-0.1, -0.05) is 30.3 Å². The predicted octanol–water partition coefficient (Wildman–Crippen LogP) is 3.88. The number of nitrogens with zero attached hydrogens (tertiary/aromatic N) is 1. The summed E-state index contributed by atoms with van der Waals surface area (Å²) in [7, 11) is 1.67. The Morgan fingerprint density at radius 1 is 1.00 bits per heavy atom. The van der Waals surface area contributed by atoms with Crippen LogP contribution in [0.5, 0.6) is 5.75 Å². The van der Waals surface area contributed by atoms with Crippen molar-refractivity contribution < 1.29 is 4.74 Å². The Bertz CT molecular complexity index is 502. The summed E-state index contributed by atoms with van der Waals surface area (Å²) in [5, 5.41) is 0. The van der Waals surface area contributed by atoms with Crippen LogP contribution in [-0.2, 0) is 0 Å². The topological polar surface area (TPSA) is 21.6 Å². The van der Waals surface area contributed by atoms with E-state index < -0.39 is 0 Å². The van der Waals surface area contributed by atoms with Gasteiger partial charge < -0.3 is 4.74 Å². The first kappa shape index (κ1) is 12.4. The minimum Gasteiger partial charge on any atom is -0.497 e. The molecular weight excluding hydrogens is 222 g/mol. The van der Waals surface area contributed by atoms with Gasteiger partial charge in [0.25, 0.3) is 0 Å². The standard InChI is InChI=1S/C16H17NO/c1-13(15-6-4-3-5-7-15)17-12-14-8-10-16(18-2)11-9-14/h3-13H,1-2H3/t13-/m0/s1. The van der Waals surface area contributed by atoms with Crippen LogP contribution in [0.1, 0.15) is 24.1 Å².